The van der Waals surface area contributed by atoms with Crippen molar-refractivity contribution in [1.29, 1.82) is 0 Å². The number of hydrogen-bond donors (Lipinski definition) is 2. The standard InChI is InChI=1S/C21H30N6O3/c1-5-21(3,4)27-19(23-24-25-27)14-26(9-10-28)13-16-11-15-12-17(30-6-2)7-8-18(15)22-20(16)29/h7-8,11-12,28H,5-6,9-10,13-14H2,1-4H3,(H,22,29). The molecule has 1 aromatic carbocycles. The molecule has 0 radical (unpaired) electrons. The molecule has 162 valence electrons. The molecule has 0 bridgehead atoms. The molecule has 0 fully saturated rings. The minimum atomic E-state index is -0.222. The molecule has 9 heteroatoms. The highest BCUT2D eigenvalue weighted by atomic mass is 16.5. The topological polar surface area (TPSA) is 109 Å². The van der Waals surface area contributed by atoms with Gasteiger partial charge in [0.15, 0.2) is 5.82 Å². The first kappa shape index (κ1) is 21.9. The van der Waals surface area contributed by atoms with Crippen LogP contribution in [0.2, 0.25) is 0 Å². The van der Waals surface area contributed by atoms with E-state index in [1.54, 1.807) is 0 Å². The summed E-state index contributed by atoms with van der Waals surface area (Å²) in [6, 6.07) is 7.48. The summed E-state index contributed by atoms with van der Waals surface area (Å²) in [5.41, 5.74) is 0.996. The summed E-state index contributed by atoms with van der Waals surface area (Å²) in [4.78, 5) is 17.5. The molecule has 30 heavy (non-hydrogen) atoms. The summed E-state index contributed by atoms with van der Waals surface area (Å²) in [5, 5.41) is 22.6. The Morgan fingerprint density at radius 2 is 2.03 bits per heavy atom. The monoisotopic (exact) mass is 414 g/mol. The van der Waals surface area contributed by atoms with Crippen LogP contribution >= 0.6 is 0 Å². The fourth-order valence-corrected chi connectivity index (χ4v) is 3.32. The van der Waals surface area contributed by atoms with Gasteiger partial charge in [0.2, 0.25) is 0 Å². The predicted octanol–water partition coefficient (Wildman–Crippen LogP) is 2.05. The van der Waals surface area contributed by atoms with E-state index in [4.69, 9.17) is 4.74 Å². The SMILES string of the molecule is CCOc1ccc2[nH]c(=O)c(CN(CCO)Cc3nnnn3C(C)(C)CC)cc2c1. The Kier molecular flexibility index (Phi) is 6.84. The largest absolute Gasteiger partial charge is 0.494 e. The number of nitrogens with zero attached hydrogens (tertiary/aromatic N) is 5. The number of aliphatic hydroxyl groups excluding tert-OH is 1. The minimum absolute atomic E-state index is 0.0291. The Labute approximate surface area is 175 Å². The van der Waals surface area contributed by atoms with Crippen molar-refractivity contribution in [3.8, 4) is 5.75 Å². The maximum absolute atomic E-state index is 12.6. The van der Waals surface area contributed by atoms with Crippen LogP contribution in [0.25, 0.3) is 10.9 Å². The van der Waals surface area contributed by atoms with Gasteiger partial charge in [0, 0.05) is 29.6 Å². The summed E-state index contributed by atoms with van der Waals surface area (Å²) in [6.45, 7) is 9.91. The quantitative estimate of drug-likeness (QED) is 0.522. The lowest BCUT2D eigenvalue weighted by Crippen LogP contribution is -2.34. The third kappa shape index (κ3) is 4.85. The maximum Gasteiger partial charge on any atom is 0.252 e. The number of aromatic amines is 1. The number of benzene rings is 1. The van der Waals surface area contributed by atoms with Crippen LogP contribution in [0.4, 0.5) is 0 Å². The molecule has 0 saturated heterocycles. The van der Waals surface area contributed by atoms with Gasteiger partial charge in [-0.15, -0.1) is 5.10 Å². The molecule has 0 aliphatic carbocycles. The Bertz CT molecular complexity index is 1040. The summed E-state index contributed by atoms with van der Waals surface area (Å²) in [5.74, 6) is 1.46. The number of rotatable bonds is 10. The summed E-state index contributed by atoms with van der Waals surface area (Å²) in [6.07, 6.45) is 0.873. The van der Waals surface area contributed by atoms with Crippen LogP contribution in [0.1, 0.15) is 45.5 Å². The van der Waals surface area contributed by atoms with Crippen molar-refractivity contribution in [1.82, 2.24) is 30.1 Å². The van der Waals surface area contributed by atoms with E-state index in [9.17, 15) is 9.90 Å². The highest BCUT2D eigenvalue weighted by molar-refractivity contribution is 5.80. The lowest BCUT2D eigenvalue weighted by molar-refractivity contribution is 0.172. The summed E-state index contributed by atoms with van der Waals surface area (Å²) < 4.78 is 7.38. The molecule has 0 saturated carbocycles. The zero-order valence-corrected chi connectivity index (χ0v) is 18.1. The number of nitrogens with one attached hydrogen (secondary N) is 1. The maximum atomic E-state index is 12.6. The van der Waals surface area contributed by atoms with Crippen molar-refractivity contribution in [3.63, 3.8) is 0 Å². The van der Waals surface area contributed by atoms with Gasteiger partial charge in [-0.05, 0) is 61.9 Å². The zero-order chi connectivity index (χ0) is 21.7. The molecule has 0 aliphatic rings. The van der Waals surface area contributed by atoms with E-state index in [-0.39, 0.29) is 17.7 Å². The minimum Gasteiger partial charge on any atom is -0.494 e. The highest BCUT2D eigenvalue weighted by Crippen LogP contribution is 2.21. The van der Waals surface area contributed by atoms with Crippen LogP contribution in [-0.2, 0) is 18.6 Å². The summed E-state index contributed by atoms with van der Waals surface area (Å²) >= 11 is 0. The molecule has 0 unspecified atom stereocenters. The van der Waals surface area contributed by atoms with Gasteiger partial charge in [0.25, 0.3) is 5.56 Å². The third-order valence-corrected chi connectivity index (χ3v) is 5.35. The average molecular weight is 415 g/mol. The molecule has 0 atom stereocenters. The fourth-order valence-electron chi connectivity index (χ4n) is 3.32. The normalized spacial score (nSPS) is 12.1. The second-order valence-electron chi connectivity index (χ2n) is 7.91. The van der Waals surface area contributed by atoms with Crippen LogP contribution in [-0.4, -0.2) is 55.0 Å². The van der Waals surface area contributed by atoms with Gasteiger partial charge in [-0.25, -0.2) is 4.68 Å². The Hall–Kier alpha value is -2.78. The van der Waals surface area contributed by atoms with E-state index in [1.165, 1.54) is 0 Å². The zero-order valence-electron chi connectivity index (χ0n) is 18.1. The molecule has 0 aliphatic heterocycles. The molecule has 0 amide bonds. The van der Waals surface area contributed by atoms with Gasteiger partial charge in [-0.1, -0.05) is 6.92 Å². The Morgan fingerprint density at radius 3 is 2.73 bits per heavy atom. The van der Waals surface area contributed by atoms with Crippen LogP contribution < -0.4 is 10.3 Å². The first-order valence-electron chi connectivity index (χ1n) is 10.3. The first-order valence-corrected chi connectivity index (χ1v) is 10.3. The number of ether oxygens (including phenoxy) is 1. The second kappa shape index (κ2) is 9.36. The molecule has 2 aromatic heterocycles. The van der Waals surface area contributed by atoms with Crippen molar-refractivity contribution in [2.75, 3.05) is 19.8 Å². The molecule has 0 spiro atoms. The number of fused-ring (bicyclic) bond motifs is 1. The third-order valence-electron chi connectivity index (χ3n) is 5.35. The van der Waals surface area contributed by atoms with Crippen LogP contribution in [0, 0.1) is 0 Å². The molecule has 2 heterocycles. The van der Waals surface area contributed by atoms with Crippen molar-refractivity contribution >= 4 is 10.9 Å². The molecule has 2 N–H and O–H groups in total. The van der Waals surface area contributed by atoms with Gasteiger partial charge < -0.3 is 14.8 Å². The number of aromatic nitrogens is 5. The van der Waals surface area contributed by atoms with Crippen LogP contribution in [0.3, 0.4) is 0 Å². The van der Waals surface area contributed by atoms with Crippen molar-refractivity contribution < 1.29 is 9.84 Å². The van der Waals surface area contributed by atoms with E-state index >= 15 is 0 Å². The van der Waals surface area contributed by atoms with Crippen molar-refractivity contribution in [2.45, 2.75) is 52.7 Å². The van der Waals surface area contributed by atoms with E-state index in [0.29, 0.717) is 37.6 Å². The van der Waals surface area contributed by atoms with Crippen LogP contribution in [0.15, 0.2) is 29.1 Å². The van der Waals surface area contributed by atoms with E-state index in [1.807, 2.05) is 40.8 Å². The van der Waals surface area contributed by atoms with Gasteiger partial charge in [0.1, 0.15) is 5.75 Å². The van der Waals surface area contributed by atoms with E-state index in [2.05, 4.69) is 41.3 Å². The Balaban J connectivity index is 1.88. The number of pyridine rings is 1. The number of hydrogen-bond acceptors (Lipinski definition) is 7. The first-order chi connectivity index (χ1) is 14.4. The molecular formula is C21H30N6O3. The lowest BCUT2D eigenvalue weighted by atomic mass is 10.0. The van der Waals surface area contributed by atoms with Gasteiger partial charge in [0.05, 0.1) is 25.3 Å². The number of aliphatic hydroxyl groups is 1. The van der Waals surface area contributed by atoms with Crippen molar-refractivity contribution in [2.24, 2.45) is 0 Å². The lowest BCUT2D eigenvalue weighted by Gasteiger charge is -2.26. The smallest absolute Gasteiger partial charge is 0.252 e. The average Bonchev–Trinajstić information content (AvgIpc) is 3.18. The van der Waals surface area contributed by atoms with Crippen LogP contribution in [0.5, 0.6) is 5.75 Å². The number of H-pyrrole nitrogens is 1. The second-order valence-corrected chi connectivity index (χ2v) is 7.91. The molecular weight excluding hydrogens is 384 g/mol. The Morgan fingerprint density at radius 1 is 1.23 bits per heavy atom. The molecule has 9 nitrogen and oxygen atoms in total. The fraction of sp³-hybridized carbons (Fsp3) is 0.524. The molecule has 3 aromatic rings. The number of tetrazole rings is 1. The van der Waals surface area contributed by atoms with Crippen molar-refractivity contribution in [3.05, 3.63) is 46.0 Å². The van der Waals surface area contributed by atoms with Gasteiger partial charge in [-0.2, -0.15) is 0 Å². The van der Waals surface area contributed by atoms with E-state index < -0.39 is 0 Å². The summed E-state index contributed by atoms with van der Waals surface area (Å²) in [7, 11) is 0. The molecule has 3 rings (SSSR count). The van der Waals surface area contributed by atoms with Gasteiger partial charge in [-0.3, -0.25) is 9.69 Å². The predicted molar refractivity (Wildman–Crippen MR) is 114 cm³/mol. The highest BCUT2D eigenvalue weighted by Gasteiger charge is 2.24. The van der Waals surface area contributed by atoms with Gasteiger partial charge >= 0.3 is 0 Å². The van der Waals surface area contributed by atoms with E-state index in [0.717, 1.165) is 23.1 Å².